The van der Waals surface area contributed by atoms with Crippen LogP contribution in [-0.4, -0.2) is 41.6 Å². The summed E-state index contributed by atoms with van der Waals surface area (Å²) in [6.07, 6.45) is 2.91. The molecule has 0 fully saturated rings. The number of carboxylic acids is 1. The maximum atomic E-state index is 11.6. The van der Waals surface area contributed by atoms with Crippen LogP contribution in [0.2, 0.25) is 0 Å². The van der Waals surface area contributed by atoms with Crippen LogP contribution in [0.5, 0.6) is 0 Å². The molecule has 16 heavy (non-hydrogen) atoms. The molecule has 0 bridgehead atoms. The summed E-state index contributed by atoms with van der Waals surface area (Å²) < 4.78 is 0. The maximum absolute atomic E-state index is 11.6. The third kappa shape index (κ3) is 3.56. The number of carbonyl (C=O) groups excluding carboxylic acids is 1. The van der Waals surface area contributed by atoms with Crippen molar-refractivity contribution in [3.63, 3.8) is 0 Å². The lowest BCUT2D eigenvalue weighted by atomic mass is 10.1. The molecule has 0 aliphatic carbocycles. The average Bonchev–Trinajstić information content (AvgIpc) is 2.26. The number of carboxylic acid groups (broad SMARTS) is 1. The van der Waals surface area contributed by atoms with Crippen LogP contribution >= 0.6 is 0 Å². The highest BCUT2D eigenvalue weighted by Gasteiger charge is 2.17. The van der Waals surface area contributed by atoms with Crippen molar-refractivity contribution in [3.8, 4) is 0 Å². The molecule has 1 aliphatic heterocycles. The Balaban J connectivity index is 2.33. The maximum Gasteiger partial charge on any atom is 0.317 e. The second kappa shape index (κ2) is 5.53. The van der Waals surface area contributed by atoms with Crippen molar-refractivity contribution >= 4 is 12.0 Å². The third-order valence-corrected chi connectivity index (χ3v) is 2.70. The monoisotopic (exact) mass is 226 g/mol. The van der Waals surface area contributed by atoms with Crippen LogP contribution in [0.25, 0.3) is 0 Å². The predicted octanol–water partition coefficient (Wildman–Crippen LogP) is 1.07. The van der Waals surface area contributed by atoms with Gasteiger partial charge in [0.2, 0.25) is 0 Å². The molecule has 0 aromatic carbocycles. The third-order valence-electron chi connectivity index (χ3n) is 2.70. The summed E-state index contributed by atoms with van der Waals surface area (Å²) in [6, 6.07) is -0.183. The second-order valence-corrected chi connectivity index (χ2v) is 4.17. The molecule has 1 atom stereocenters. The van der Waals surface area contributed by atoms with Crippen molar-refractivity contribution in [2.45, 2.75) is 20.3 Å². The SMILES string of the molecule is CC1=CCN(C(=O)NCC(C)C(=O)O)CC1. The van der Waals surface area contributed by atoms with Crippen molar-refractivity contribution in [1.82, 2.24) is 10.2 Å². The van der Waals surface area contributed by atoms with E-state index in [0.29, 0.717) is 13.1 Å². The van der Waals surface area contributed by atoms with E-state index in [4.69, 9.17) is 5.11 Å². The number of nitrogens with zero attached hydrogens (tertiary/aromatic N) is 1. The lowest BCUT2D eigenvalue weighted by Crippen LogP contribution is -2.44. The molecule has 1 heterocycles. The largest absolute Gasteiger partial charge is 0.481 e. The van der Waals surface area contributed by atoms with Gasteiger partial charge in [-0.25, -0.2) is 4.79 Å². The second-order valence-electron chi connectivity index (χ2n) is 4.17. The molecule has 2 amide bonds. The van der Waals surface area contributed by atoms with Crippen LogP contribution in [0.4, 0.5) is 4.79 Å². The summed E-state index contributed by atoms with van der Waals surface area (Å²) in [6.45, 7) is 5.10. The highest BCUT2D eigenvalue weighted by Crippen LogP contribution is 2.09. The number of rotatable bonds is 3. The summed E-state index contributed by atoms with van der Waals surface area (Å²) in [4.78, 5) is 23.9. The van der Waals surface area contributed by atoms with Gasteiger partial charge < -0.3 is 15.3 Å². The van der Waals surface area contributed by atoms with Crippen LogP contribution in [0.1, 0.15) is 20.3 Å². The van der Waals surface area contributed by atoms with Gasteiger partial charge in [0, 0.05) is 19.6 Å². The molecule has 0 aromatic rings. The van der Waals surface area contributed by atoms with Gasteiger partial charge in [-0.1, -0.05) is 18.6 Å². The molecular formula is C11H18N2O3. The zero-order valence-corrected chi connectivity index (χ0v) is 9.69. The first-order chi connectivity index (χ1) is 7.50. The Bertz CT molecular complexity index is 312. The normalized spacial score (nSPS) is 17.6. The fraction of sp³-hybridized carbons (Fsp3) is 0.636. The summed E-state index contributed by atoms with van der Waals surface area (Å²) in [7, 11) is 0. The van der Waals surface area contributed by atoms with Crippen LogP contribution in [0.3, 0.4) is 0 Å². The van der Waals surface area contributed by atoms with E-state index in [2.05, 4.69) is 5.32 Å². The smallest absolute Gasteiger partial charge is 0.317 e. The molecule has 0 saturated heterocycles. The Morgan fingerprint density at radius 3 is 2.81 bits per heavy atom. The standard InChI is InChI=1S/C11H18N2O3/c1-8-3-5-13(6-4-8)11(16)12-7-9(2)10(14)15/h3,9H,4-7H2,1-2H3,(H,12,16)(H,14,15). The summed E-state index contributed by atoms with van der Waals surface area (Å²) in [5.74, 6) is -1.44. The highest BCUT2D eigenvalue weighted by molar-refractivity contribution is 5.76. The zero-order chi connectivity index (χ0) is 12.1. The fourth-order valence-electron chi connectivity index (χ4n) is 1.39. The predicted molar refractivity (Wildman–Crippen MR) is 60.1 cm³/mol. The molecule has 5 nitrogen and oxygen atoms in total. The molecule has 0 radical (unpaired) electrons. The number of carbonyl (C=O) groups is 2. The summed E-state index contributed by atoms with van der Waals surface area (Å²) >= 11 is 0. The Hall–Kier alpha value is -1.52. The Kier molecular flexibility index (Phi) is 4.34. The molecule has 0 saturated carbocycles. The summed E-state index contributed by atoms with van der Waals surface area (Å²) in [5.41, 5.74) is 1.29. The lowest BCUT2D eigenvalue weighted by Gasteiger charge is -2.26. The molecule has 2 N–H and O–H groups in total. The van der Waals surface area contributed by atoms with Gasteiger partial charge in [0.1, 0.15) is 0 Å². The van der Waals surface area contributed by atoms with Crippen molar-refractivity contribution in [2.75, 3.05) is 19.6 Å². The topological polar surface area (TPSA) is 69.6 Å². The van der Waals surface area contributed by atoms with Crippen LogP contribution in [0.15, 0.2) is 11.6 Å². The molecule has 1 unspecified atom stereocenters. The van der Waals surface area contributed by atoms with Crippen molar-refractivity contribution in [2.24, 2.45) is 5.92 Å². The Morgan fingerprint density at radius 1 is 1.62 bits per heavy atom. The Morgan fingerprint density at radius 2 is 2.31 bits per heavy atom. The van der Waals surface area contributed by atoms with Crippen molar-refractivity contribution < 1.29 is 14.7 Å². The first-order valence-corrected chi connectivity index (χ1v) is 5.42. The van der Waals surface area contributed by atoms with E-state index in [9.17, 15) is 9.59 Å². The van der Waals surface area contributed by atoms with Crippen molar-refractivity contribution in [1.29, 1.82) is 0 Å². The minimum absolute atomic E-state index is 0.174. The van der Waals surface area contributed by atoms with Crippen LogP contribution in [-0.2, 0) is 4.79 Å². The number of nitrogens with one attached hydrogen (secondary N) is 1. The molecule has 0 aromatic heterocycles. The fourth-order valence-corrected chi connectivity index (χ4v) is 1.39. The Labute approximate surface area is 95.1 Å². The van der Waals surface area contributed by atoms with E-state index in [1.807, 2.05) is 13.0 Å². The number of amides is 2. The molecule has 1 rings (SSSR count). The highest BCUT2D eigenvalue weighted by atomic mass is 16.4. The van der Waals surface area contributed by atoms with Gasteiger partial charge >= 0.3 is 12.0 Å². The average molecular weight is 226 g/mol. The first-order valence-electron chi connectivity index (χ1n) is 5.42. The molecule has 5 heteroatoms. The van der Waals surface area contributed by atoms with Gasteiger partial charge in [0.05, 0.1) is 5.92 Å². The van der Waals surface area contributed by atoms with Crippen LogP contribution < -0.4 is 5.32 Å². The number of urea groups is 1. The van der Waals surface area contributed by atoms with Gasteiger partial charge in [0.15, 0.2) is 0 Å². The molecule has 1 aliphatic rings. The summed E-state index contributed by atoms with van der Waals surface area (Å²) in [5, 5.41) is 11.3. The quantitative estimate of drug-likeness (QED) is 0.707. The van der Waals surface area contributed by atoms with E-state index >= 15 is 0 Å². The number of hydrogen-bond acceptors (Lipinski definition) is 2. The van der Waals surface area contributed by atoms with Gasteiger partial charge in [0.25, 0.3) is 0 Å². The van der Waals surface area contributed by atoms with Gasteiger partial charge in [-0.3, -0.25) is 4.79 Å². The minimum atomic E-state index is -0.894. The van der Waals surface area contributed by atoms with E-state index in [1.165, 1.54) is 5.57 Å². The number of hydrogen-bond donors (Lipinski definition) is 2. The molecular weight excluding hydrogens is 208 g/mol. The van der Waals surface area contributed by atoms with Gasteiger partial charge in [-0.2, -0.15) is 0 Å². The van der Waals surface area contributed by atoms with Crippen LogP contribution in [0, 0.1) is 5.92 Å². The molecule has 90 valence electrons. The minimum Gasteiger partial charge on any atom is -0.481 e. The van der Waals surface area contributed by atoms with E-state index in [1.54, 1.807) is 11.8 Å². The van der Waals surface area contributed by atoms with E-state index < -0.39 is 11.9 Å². The lowest BCUT2D eigenvalue weighted by molar-refractivity contribution is -0.140. The van der Waals surface area contributed by atoms with Gasteiger partial charge in [-0.05, 0) is 13.3 Å². The van der Waals surface area contributed by atoms with E-state index in [-0.39, 0.29) is 12.6 Å². The first kappa shape index (κ1) is 12.5. The van der Waals surface area contributed by atoms with Crippen molar-refractivity contribution in [3.05, 3.63) is 11.6 Å². The zero-order valence-electron chi connectivity index (χ0n) is 9.69. The number of aliphatic carboxylic acids is 1. The molecule has 0 spiro atoms. The van der Waals surface area contributed by atoms with E-state index in [0.717, 1.165) is 6.42 Å². The van der Waals surface area contributed by atoms with Gasteiger partial charge in [-0.15, -0.1) is 0 Å².